The molecule has 0 aromatic carbocycles. The van der Waals surface area contributed by atoms with E-state index in [9.17, 15) is 4.79 Å². The van der Waals surface area contributed by atoms with Gasteiger partial charge in [-0.05, 0) is 18.9 Å². The maximum Gasteiger partial charge on any atom is 0.227 e. The van der Waals surface area contributed by atoms with Crippen LogP contribution in [0.5, 0.6) is 0 Å². The third-order valence-corrected chi connectivity index (χ3v) is 4.58. The van der Waals surface area contributed by atoms with Gasteiger partial charge in [-0.25, -0.2) is 4.98 Å². The second-order valence-corrected chi connectivity index (χ2v) is 7.49. The average Bonchev–Trinajstić information content (AvgIpc) is 3.00. The maximum absolute atomic E-state index is 12.4. The van der Waals surface area contributed by atoms with Crippen LogP contribution in [-0.4, -0.2) is 43.6 Å². The van der Waals surface area contributed by atoms with Gasteiger partial charge in [-0.1, -0.05) is 20.8 Å². The number of aromatic nitrogens is 4. The summed E-state index contributed by atoms with van der Waals surface area (Å²) >= 11 is 0. The van der Waals surface area contributed by atoms with Crippen LogP contribution in [0.3, 0.4) is 0 Å². The topological polar surface area (TPSA) is 63.9 Å². The van der Waals surface area contributed by atoms with E-state index in [1.54, 1.807) is 17.1 Å². The Kier molecular flexibility index (Phi) is 4.39. The summed E-state index contributed by atoms with van der Waals surface area (Å²) in [6, 6.07) is 1.94. The van der Waals surface area contributed by atoms with Crippen LogP contribution in [0.25, 0.3) is 11.4 Å². The van der Waals surface area contributed by atoms with Gasteiger partial charge in [-0.2, -0.15) is 5.10 Å². The highest BCUT2D eigenvalue weighted by Crippen LogP contribution is 2.29. The number of nitrogens with zero attached hydrogens (tertiary/aromatic N) is 5. The van der Waals surface area contributed by atoms with Crippen molar-refractivity contribution in [3.63, 3.8) is 0 Å². The highest BCUT2D eigenvalue weighted by Gasteiger charge is 2.31. The molecule has 1 fully saturated rings. The standard InChI is InChI=1S/C18H25N5O/c1-18(2,3)17(24)23-9-6-13(7-10-23)14-11-19-12-15(21-14)16-5-8-20-22(16)4/h5,8,11-13H,6-7,9-10H2,1-4H3. The van der Waals surface area contributed by atoms with E-state index in [0.29, 0.717) is 5.92 Å². The third kappa shape index (κ3) is 3.32. The second kappa shape index (κ2) is 6.34. The van der Waals surface area contributed by atoms with E-state index in [1.807, 2.05) is 45.0 Å². The first-order chi connectivity index (χ1) is 11.4. The summed E-state index contributed by atoms with van der Waals surface area (Å²) in [5.74, 6) is 0.588. The first-order valence-corrected chi connectivity index (χ1v) is 8.46. The summed E-state index contributed by atoms with van der Waals surface area (Å²) in [6.45, 7) is 7.51. The van der Waals surface area contributed by atoms with Gasteiger partial charge in [-0.3, -0.25) is 14.5 Å². The Morgan fingerprint density at radius 1 is 1.21 bits per heavy atom. The molecular weight excluding hydrogens is 302 g/mol. The SMILES string of the molecule is Cn1nccc1-c1cncc(C2CCN(C(=O)C(C)(C)C)CC2)n1. The van der Waals surface area contributed by atoms with Crippen LogP contribution in [-0.2, 0) is 11.8 Å². The van der Waals surface area contributed by atoms with Gasteiger partial charge in [-0.15, -0.1) is 0 Å². The molecule has 0 unspecified atom stereocenters. The summed E-state index contributed by atoms with van der Waals surface area (Å²) < 4.78 is 1.80. The lowest BCUT2D eigenvalue weighted by Gasteiger charge is -2.35. The van der Waals surface area contributed by atoms with Crippen molar-refractivity contribution < 1.29 is 4.79 Å². The van der Waals surface area contributed by atoms with Crippen molar-refractivity contribution in [1.29, 1.82) is 0 Å². The lowest BCUT2D eigenvalue weighted by Crippen LogP contribution is -2.43. The van der Waals surface area contributed by atoms with Gasteiger partial charge >= 0.3 is 0 Å². The molecule has 1 aliphatic heterocycles. The molecule has 2 aromatic heterocycles. The smallest absolute Gasteiger partial charge is 0.227 e. The number of hydrogen-bond donors (Lipinski definition) is 0. The van der Waals surface area contributed by atoms with Crippen molar-refractivity contribution >= 4 is 5.91 Å². The highest BCUT2D eigenvalue weighted by atomic mass is 16.2. The Morgan fingerprint density at radius 2 is 1.92 bits per heavy atom. The van der Waals surface area contributed by atoms with Gasteiger partial charge in [0.25, 0.3) is 0 Å². The first kappa shape index (κ1) is 16.6. The molecule has 0 saturated carbocycles. The van der Waals surface area contributed by atoms with Crippen molar-refractivity contribution in [3.05, 3.63) is 30.4 Å². The van der Waals surface area contributed by atoms with Gasteiger partial charge in [0.15, 0.2) is 0 Å². The number of piperidine rings is 1. The number of amides is 1. The molecule has 24 heavy (non-hydrogen) atoms. The first-order valence-electron chi connectivity index (χ1n) is 8.46. The molecule has 0 spiro atoms. The number of carbonyl (C=O) groups excluding carboxylic acids is 1. The molecule has 3 rings (SSSR count). The minimum atomic E-state index is -0.313. The minimum absolute atomic E-state index is 0.232. The number of rotatable bonds is 2. The van der Waals surface area contributed by atoms with Crippen molar-refractivity contribution in [2.75, 3.05) is 13.1 Å². The quantitative estimate of drug-likeness (QED) is 0.850. The van der Waals surface area contributed by atoms with E-state index in [0.717, 1.165) is 43.0 Å². The molecule has 1 amide bonds. The maximum atomic E-state index is 12.4. The molecule has 0 N–H and O–H groups in total. The fraction of sp³-hybridized carbons (Fsp3) is 0.556. The Balaban J connectivity index is 1.71. The van der Waals surface area contributed by atoms with Gasteiger partial charge < -0.3 is 4.90 Å². The molecule has 2 aromatic rings. The van der Waals surface area contributed by atoms with Crippen LogP contribution < -0.4 is 0 Å². The van der Waals surface area contributed by atoms with Crippen molar-refractivity contribution in [1.82, 2.24) is 24.6 Å². The van der Waals surface area contributed by atoms with Crippen LogP contribution in [0.1, 0.15) is 45.2 Å². The van der Waals surface area contributed by atoms with Crippen LogP contribution >= 0.6 is 0 Å². The molecular formula is C18H25N5O. The predicted molar refractivity (Wildman–Crippen MR) is 92.2 cm³/mol. The van der Waals surface area contributed by atoms with Crippen LogP contribution in [0.15, 0.2) is 24.7 Å². The summed E-state index contributed by atoms with van der Waals surface area (Å²) in [5, 5.41) is 4.19. The number of hydrogen-bond acceptors (Lipinski definition) is 4. The van der Waals surface area contributed by atoms with Gasteiger partial charge in [0.1, 0.15) is 5.69 Å². The van der Waals surface area contributed by atoms with Crippen LogP contribution in [0, 0.1) is 5.41 Å². The molecule has 1 aliphatic rings. The molecule has 0 radical (unpaired) electrons. The lowest BCUT2D eigenvalue weighted by atomic mass is 9.90. The van der Waals surface area contributed by atoms with Crippen molar-refractivity contribution in [2.24, 2.45) is 12.5 Å². The third-order valence-electron chi connectivity index (χ3n) is 4.58. The Hall–Kier alpha value is -2.24. The lowest BCUT2D eigenvalue weighted by molar-refractivity contribution is -0.140. The van der Waals surface area contributed by atoms with Gasteiger partial charge in [0.05, 0.1) is 17.6 Å². The molecule has 1 saturated heterocycles. The summed E-state index contributed by atoms with van der Waals surface area (Å²) in [7, 11) is 1.90. The minimum Gasteiger partial charge on any atom is -0.342 e. The van der Waals surface area contributed by atoms with Crippen molar-refractivity contribution in [2.45, 2.75) is 39.5 Å². The number of carbonyl (C=O) groups is 1. The molecule has 6 nitrogen and oxygen atoms in total. The van der Waals surface area contributed by atoms with Crippen LogP contribution in [0.2, 0.25) is 0 Å². The molecule has 128 valence electrons. The normalized spacial score (nSPS) is 16.4. The molecule has 6 heteroatoms. The van der Waals surface area contributed by atoms with E-state index in [4.69, 9.17) is 4.98 Å². The van der Waals surface area contributed by atoms with E-state index in [-0.39, 0.29) is 11.3 Å². The Morgan fingerprint density at radius 3 is 2.50 bits per heavy atom. The Bertz CT molecular complexity index is 723. The largest absolute Gasteiger partial charge is 0.342 e. The van der Waals surface area contributed by atoms with E-state index < -0.39 is 0 Å². The molecule has 0 aliphatic carbocycles. The summed E-state index contributed by atoms with van der Waals surface area (Å²) in [6.07, 6.45) is 7.27. The zero-order chi connectivity index (χ0) is 17.3. The summed E-state index contributed by atoms with van der Waals surface area (Å²) in [4.78, 5) is 23.5. The Labute approximate surface area is 142 Å². The second-order valence-electron chi connectivity index (χ2n) is 7.49. The molecule has 0 bridgehead atoms. The summed E-state index contributed by atoms with van der Waals surface area (Å²) in [5.41, 5.74) is 2.51. The van der Waals surface area contributed by atoms with E-state index >= 15 is 0 Å². The fourth-order valence-corrected chi connectivity index (χ4v) is 3.18. The fourth-order valence-electron chi connectivity index (χ4n) is 3.18. The highest BCUT2D eigenvalue weighted by molar-refractivity contribution is 5.81. The zero-order valence-electron chi connectivity index (χ0n) is 14.9. The van der Waals surface area contributed by atoms with E-state index in [1.165, 1.54) is 0 Å². The van der Waals surface area contributed by atoms with Gasteiger partial charge in [0, 0.05) is 43.9 Å². The monoisotopic (exact) mass is 327 g/mol. The number of aryl methyl sites for hydroxylation is 1. The zero-order valence-corrected chi connectivity index (χ0v) is 14.9. The van der Waals surface area contributed by atoms with Crippen LogP contribution in [0.4, 0.5) is 0 Å². The predicted octanol–water partition coefficient (Wildman–Crippen LogP) is 2.63. The average molecular weight is 327 g/mol. The molecule has 3 heterocycles. The molecule has 0 atom stereocenters. The van der Waals surface area contributed by atoms with Crippen molar-refractivity contribution in [3.8, 4) is 11.4 Å². The number of likely N-dealkylation sites (tertiary alicyclic amines) is 1. The van der Waals surface area contributed by atoms with E-state index in [2.05, 4.69) is 10.1 Å². The van der Waals surface area contributed by atoms with Gasteiger partial charge in [0.2, 0.25) is 5.91 Å².